The highest BCUT2D eigenvalue weighted by molar-refractivity contribution is 5.91. The van der Waals surface area contributed by atoms with Crippen LogP contribution in [-0.2, 0) is 31.0 Å². The maximum atomic E-state index is 14.0. The SMILES string of the molecule is COC(=O)c1ccc(CCNC(=O)C(CC(=O)NC(c2ccccc2)(c2ccccc2)c2ccccc2)NC(=O)OC(C)(C)C)cc1. The second-order valence-electron chi connectivity index (χ2n) is 12.0. The first-order valence-corrected chi connectivity index (χ1v) is 15.4. The van der Waals surface area contributed by atoms with Crippen molar-refractivity contribution in [3.63, 3.8) is 0 Å². The molecule has 4 rings (SSSR count). The van der Waals surface area contributed by atoms with Crippen molar-refractivity contribution < 1.29 is 28.7 Å². The molecule has 9 heteroatoms. The number of alkyl carbamates (subject to hydrolysis) is 1. The lowest BCUT2D eigenvalue weighted by Gasteiger charge is -2.37. The van der Waals surface area contributed by atoms with Crippen LogP contribution in [0.25, 0.3) is 0 Å². The van der Waals surface area contributed by atoms with Crippen LogP contribution in [0, 0.1) is 0 Å². The van der Waals surface area contributed by atoms with Crippen LogP contribution in [-0.4, -0.2) is 49.2 Å². The van der Waals surface area contributed by atoms with Crippen LogP contribution < -0.4 is 16.0 Å². The molecule has 0 radical (unpaired) electrons. The minimum absolute atomic E-state index is 0.229. The minimum atomic E-state index is -1.23. The Bertz CT molecular complexity index is 1540. The van der Waals surface area contributed by atoms with Crippen molar-refractivity contribution in [3.05, 3.63) is 143 Å². The van der Waals surface area contributed by atoms with Crippen molar-refractivity contribution in [2.75, 3.05) is 13.7 Å². The van der Waals surface area contributed by atoms with Gasteiger partial charge >= 0.3 is 12.1 Å². The number of methoxy groups -OCH3 is 1. The molecular formula is C38H41N3O6. The van der Waals surface area contributed by atoms with Gasteiger partial charge in [-0.3, -0.25) is 9.59 Å². The zero-order chi connectivity index (χ0) is 33.9. The molecule has 0 saturated carbocycles. The summed E-state index contributed by atoms with van der Waals surface area (Å²) in [6.45, 7) is 5.38. The van der Waals surface area contributed by atoms with E-state index in [0.29, 0.717) is 12.0 Å². The smallest absolute Gasteiger partial charge is 0.408 e. The summed E-state index contributed by atoms with van der Waals surface area (Å²) in [7, 11) is 1.32. The van der Waals surface area contributed by atoms with Gasteiger partial charge in [0.15, 0.2) is 0 Å². The number of rotatable bonds is 12. The van der Waals surface area contributed by atoms with Crippen LogP contribution in [0.3, 0.4) is 0 Å². The van der Waals surface area contributed by atoms with Crippen LogP contribution in [0.4, 0.5) is 4.79 Å². The Morgan fingerprint density at radius 1 is 0.702 bits per heavy atom. The molecule has 1 atom stereocenters. The van der Waals surface area contributed by atoms with Gasteiger partial charge in [-0.1, -0.05) is 103 Å². The molecule has 0 aliphatic rings. The average Bonchev–Trinajstić information content (AvgIpc) is 3.07. The van der Waals surface area contributed by atoms with Gasteiger partial charge in [-0.2, -0.15) is 0 Å². The highest BCUT2D eigenvalue weighted by Crippen LogP contribution is 2.37. The van der Waals surface area contributed by atoms with Gasteiger partial charge < -0.3 is 25.4 Å². The molecule has 0 aliphatic heterocycles. The summed E-state index contributed by atoms with van der Waals surface area (Å²) in [4.78, 5) is 52.1. The standard InChI is InChI=1S/C38H41N3O6/c1-37(2,3)47-36(45)40-32(34(43)39-25-24-27-20-22-28(23-21-27)35(44)46-4)26-33(42)41-38(29-14-8-5-9-15-29,30-16-10-6-11-17-30)31-18-12-7-13-19-31/h5-23,32H,24-26H2,1-4H3,(H,39,43)(H,40,45)(H,41,42). The number of carbonyl (C=O) groups is 4. The maximum Gasteiger partial charge on any atom is 0.408 e. The number of ether oxygens (including phenoxy) is 2. The van der Waals surface area contributed by atoms with E-state index in [2.05, 4.69) is 16.0 Å². The van der Waals surface area contributed by atoms with E-state index in [0.717, 1.165) is 22.3 Å². The molecular weight excluding hydrogens is 594 g/mol. The van der Waals surface area contributed by atoms with E-state index in [1.165, 1.54) is 7.11 Å². The normalized spacial score (nSPS) is 11.9. The lowest BCUT2D eigenvalue weighted by atomic mass is 9.77. The number of nitrogens with one attached hydrogen (secondary N) is 3. The summed E-state index contributed by atoms with van der Waals surface area (Å²) in [6.07, 6.45) is -0.713. The Labute approximate surface area is 275 Å². The monoisotopic (exact) mass is 635 g/mol. The number of hydrogen-bond donors (Lipinski definition) is 3. The van der Waals surface area contributed by atoms with Gasteiger partial charge in [0.25, 0.3) is 0 Å². The first-order valence-electron chi connectivity index (χ1n) is 15.4. The van der Waals surface area contributed by atoms with Crippen LogP contribution in [0.5, 0.6) is 0 Å². The summed E-state index contributed by atoms with van der Waals surface area (Å²) in [6, 6.07) is 34.5. The zero-order valence-corrected chi connectivity index (χ0v) is 27.1. The lowest BCUT2D eigenvalue weighted by molar-refractivity contribution is -0.129. The molecule has 0 aliphatic carbocycles. The van der Waals surface area contributed by atoms with Gasteiger partial charge in [0.05, 0.1) is 19.1 Å². The largest absolute Gasteiger partial charge is 0.465 e. The quantitative estimate of drug-likeness (QED) is 0.139. The van der Waals surface area contributed by atoms with E-state index in [9.17, 15) is 19.2 Å². The van der Waals surface area contributed by atoms with Gasteiger partial charge in [0.2, 0.25) is 11.8 Å². The van der Waals surface area contributed by atoms with Gasteiger partial charge in [0.1, 0.15) is 17.2 Å². The fraction of sp³-hybridized carbons (Fsp3) is 0.263. The fourth-order valence-corrected chi connectivity index (χ4v) is 5.26. The second-order valence-corrected chi connectivity index (χ2v) is 12.0. The Morgan fingerprint density at radius 3 is 1.64 bits per heavy atom. The molecule has 0 saturated heterocycles. The van der Waals surface area contributed by atoms with E-state index in [4.69, 9.17) is 9.47 Å². The molecule has 0 bridgehead atoms. The molecule has 244 valence electrons. The van der Waals surface area contributed by atoms with Crippen LogP contribution >= 0.6 is 0 Å². The van der Waals surface area contributed by atoms with Crippen molar-refractivity contribution in [2.45, 2.75) is 50.8 Å². The molecule has 0 fully saturated rings. The van der Waals surface area contributed by atoms with E-state index in [1.807, 2.05) is 91.0 Å². The van der Waals surface area contributed by atoms with Crippen molar-refractivity contribution in [1.82, 2.24) is 16.0 Å². The van der Waals surface area contributed by atoms with Crippen molar-refractivity contribution >= 4 is 23.9 Å². The second kappa shape index (κ2) is 15.7. The summed E-state index contributed by atoms with van der Waals surface area (Å²) < 4.78 is 10.2. The van der Waals surface area contributed by atoms with E-state index in [1.54, 1.807) is 45.0 Å². The van der Waals surface area contributed by atoms with Gasteiger partial charge in [-0.15, -0.1) is 0 Å². The maximum absolute atomic E-state index is 14.0. The molecule has 0 aromatic heterocycles. The van der Waals surface area contributed by atoms with Crippen LogP contribution in [0.2, 0.25) is 0 Å². The molecule has 47 heavy (non-hydrogen) atoms. The molecule has 4 aromatic carbocycles. The summed E-state index contributed by atoms with van der Waals surface area (Å²) in [5.41, 5.74) is 1.87. The summed E-state index contributed by atoms with van der Waals surface area (Å²) in [5.74, 6) is -1.44. The molecule has 0 heterocycles. The van der Waals surface area contributed by atoms with Crippen molar-refractivity contribution in [1.29, 1.82) is 0 Å². The Kier molecular flexibility index (Phi) is 11.5. The third-order valence-electron chi connectivity index (χ3n) is 7.43. The van der Waals surface area contributed by atoms with Crippen molar-refractivity contribution in [2.24, 2.45) is 0 Å². The molecule has 9 nitrogen and oxygen atoms in total. The van der Waals surface area contributed by atoms with Crippen LogP contribution in [0.1, 0.15) is 59.8 Å². The Hall–Kier alpha value is -5.44. The van der Waals surface area contributed by atoms with Crippen molar-refractivity contribution in [3.8, 4) is 0 Å². The number of carbonyl (C=O) groups excluding carboxylic acids is 4. The van der Waals surface area contributed by atoms with Gasteiger partial charge in [-0.25, -0.2) is 9.59 Å². The minimum Gasteiger partial charge on any atom is -0.465 e. The van der Waals surface area contributed by atoms with Gasteiger partial charge in [0, 0.05) is 6.54 Å². The van der Waals surface area contributed by atoms with Crippen LogP contribution in [0.15, 0.2) is 115 Å². The fourth-order valence-electron chi connectivity index (χ4n) is 5.26. The molecule has 1 unspecified atom stereocenters. The van der Waals surface area contributed by atoms with E-state index in [-0.39, 0.29) is 13.0 Å². The Morgan fingerprint density at radius 2 is 1.19 bits per heavy atom. The average molecular weight is 636 g/mol. The van der Waals surface area contributed by atoms with E-state index < -0.39 is 41.1 Å². The first kappa shape index (κ1) is 34.4. The summed E-state index contributed by atoms with van der Waals surface area (Å²) in [5, 5.41) is 8.67. The molecule has 4 aromatic rings. The molecule has 3 amide bonds. The molecule has 0 spiro atoms. The first-order chi connectivity index (χ1) is 22.5. The predicted octanol–water partition coefficient (Wildman–Crippen LogP) is 5.52. The molecule has 3 N–H and O–H groups in total. The third kappa shape index (κ3) is 9.29. The number of esters is 1. The third-order valence-corrected chi connectivity index (χ3v) is 7.43. The zero-order valence-electron chi connectivity index (χ0n) is 27.1. The lowest BCUT2D eigenvalue weighted by Crippen LogP contribution is -2.53. The number of benzene rings is 4. The topological polar surface area (TPSA) is 123 Å². The summed E-state index contributed by atoms with van der Waals surface area (Å²) >= 11 is 0. The highest BCUT2D eigenvalue weighted by Gasteiger charge is 2.39. The number of hydrogen-bond acceptors (Lipinski definition) is 6. The van der Waals surface area contributed by atoms with E-state index >= 15 is 0 Å². The predicted molar refractivity (Wildman–Crippen MR) is 180 cm³/mol. The van der Waals surface area contributed by atoms with Gasteiger partial charge in [-0.05, 0) is 61.6 Å². The number of amides is 3. The Balaban J connectivity index is 1.58. The highest BCUT2D eigenvalue weighted by atomic mass is 16.6.